The average molecular weight is 307 g/mol. The molecule has 0 spiro atoms. The Morgan fingerprint density at radius 3 is 2.23 bits per heavy atom. The molecule has 2 unspecified atom stereocenters. The number of carbonyl (C=O) groups is 2. The van der Waals surface area contributed by atoms with E-state index in [0.717, 1.165) is 0 Å². The fraction of sp³-hybridized carbons (Fsp3) is 0.500. The molecular formula is C16H21NO5. The van der Waals surface area contributed by atoms with Gasteiger partial charge in [-0.25, -0.2) is 0 Å². The summed E-state index contributed by atoms with van der Waals surface area (Å²) in [6, 6.07) is 7.15. The molecule has 0 bridgehead atoms. The number of hydrogen-bond acceptors (Lipinski definition) is 5. The summed E-state index contributed by atoms with van der Waals surface area (Å²) in [4.78, 5) is 35.7. The van der Waals surface area contributed by atoms with E-state index in [0.29, 0.717) is 5.56 Å². The van der Waals surface area contributed by atoms with Crippen LogP contribution in [0.15, 0.2) is 30.3 Å². The van der Waals surface area contributed by atoms with Gasteiger partial charge in [-0.1, -0.05) is 37.3 Å². The van der Waals surface area contributed by atoms with Crippen molar-refractivity contribution in [3.63, 3.8) is 0 Å². The minimum atomic E-state index is -1.30. The molecule has 0 heterocycles. The van der Waals surface area contributed by atoms with E-state index in [4.69, 9.17) is 4.74 Å². The Kier molecular flexibility index (Phi) is 5.79. The molecule has 0 saturated carbocycles. The molecule has 1 aromatic carbocycles. The Morgan fingerprint density at radius 2 is 1.82 bits per heavy atom. The van der Waals surface area contributed by atoms with Crippen molar-refractivity contribution in [3.8, 4) is 0 Å². The maximum absolute atomic E-state index is 12.8. The molecule has 0 radical (unpaired) electrons. The highest BCUT2D eigenvalue weighted by atomic mass is 16.6. The lowest BCUT2D eigenvalue weighted by Gasteiger charge is -2.31. The van der Waals surface area contributed by atoms with Crippen molar-refractivity contribution < 1.29 is 19.2 Å². The van der Waals surface area contributed by atoms with Gasteiger partial charge in [0.25, 0.3) is 0 Å². The number of ether oxygens (including phenoxy) is 1. The molecule has 0 fully saturated rings. The lowest BCUT2D eigenvalue weighted by molar-refractivity contribution is -0.532. The first-order valence-corrected chi connectivity index (χ1v) is 7.08. The van der Waals surface area contributed by atoms with Gasteiger partial charge >= 0.3 is 5.97 Å². The first-order valence-electron chi connectivity index (χ1n) is 7.08. The van der Waals surface area contributed by atoms with Crippen molar-refractivity contribution in [2.24, 2.45) is 11.3 Å². The van der Waals surface area contributed by atoms with Crippen LogP contribution in [0.5, 0.6) is 0 Å². The molecule has 1 rings (SSSR count). The zero-order valence-corrected chi connectivity index (χ0v) is 13.2. The van der Waals surface area contributed by atoms with Crippen molar-refractivity contribution in [2.75, 3.05) is 7.11 Å². The molecule has 0 aliphatic heterocycles. The first-order chi connectivity index (χ1) is 10.3. The van der Waals surface area contributed by atoms with Gasteiger partial charge in [-0.3, -0.25) is 19.7 Å². The highest BCUT2D eigenvalue weighted by molar-refractivity contribution is 6.01. The van der Waals surface area contributed by atoms with Crippen LogP contribution in [0.3, 0.4) is 0 Å². The van der Waals surface area contributed by atoms with Crippen molar-refractivity contribution >= 4 is 11.8 Å². The van der Waals surface area contributed by atoms with Gasteiger partial charge in [-0.15, -0.1) is 0 Å². The summed E-state index contributed by atoms with van der Waals surface area (Å²) in [6.45, 7) is 4.65. The Labute approximate surface area is 129 Å². The van der Waals surface area contributed by atoms with Crippen LogP contribution in [-0.4, -0.2) is 29.8 Å². The van der Waals surface area contributed by atoms with Gasteiger partial charge in [-0.2, -0.15) is 0 Å². The Hall–Kier alpha value is -2.24. The highest BCUT2D eigenvalue weighted by Gasteiger charge is 2.51. The Balaban J connectivity index is 3.37. The molecule has 120 valence electrons. The topological polar surface area (TPSA) is 86.5 Å². The van der Waals surface area contributed by atoms with Crippen molar-refractivity contribution in [3.05, 3.63) is 46.0 Å². The second kappa shape index (κ2) is 7.15. The van der Waals surface area contributed by atoms with E-state index in [9.17, 15) is 19.7 Å². The molecule has 0 N–H and O–H groups in total. The minimum Gasteiger partial charge on any atom is -0.469 e. The molecule has 0 amide bonds. The third-order valence-electron chi connectivity index (χ3n) is 3.90. The number of hydrogen-bond donors (Lipinski definition) is 0. The summed E-state index contributed by atoms with van der Waals surface area (Å²) in [5.41, 5.74) is -0.945. The second-order valence-corrected chi connectivity index (χ2v) is 5.68. The van der Waals surface area contributed by atoms with Crippen molar-refractivity contribution in [1.82, 2.24) is 0 Å². The van der Waals surface area contributed by atoms with Gasteiger partial charge in [0.2, 0.25) is 6.04 Å². The van der Waals surface area contributed by atoms with Gasteiger partial charge < -0.3 is 4.74 Å². The fourth-order valence-electron chi connectivity index (χ4n) is 2.66. The molecule has 2 atom stereocenters. The van der Waals surface area contributed by atoms with Crippen LogP contribution in [0.25, 0.3) is 0 Å². The molecule has 6 heteroatoms. The van der Waals surface area contributed by atoms with Crippen LogP contribution in [-0.2, 0) is 9.53 Å². The van der Waals surface area contributed by atoms with E-state index < -0.39 is 34.1 Å². The van der Waals surface area contributed by atoms with Gasteiger partial charge in [0.05, 0.1) is 12.5 Å². The molecular weight excluding hydrogens is 286 g/mol. The third kappa shape index (κ3) is 3.50. The lowest BCUT2D eigenvalue weighted by atomic mass is 9.70. The molecule has 0 saturated heterocycles. The fourth-order valence-corrected chi connectivity index (χ4v) is 2.66. The van der Waals surface area contributed by atoms with Gasteiger partial charge in [0, 0.05) is 16.9 Å². The van der Waals surface area contributed by atoms with Crippen LogP contribution < -0.4 is 0 Å². The highest BCUT2D eigenvalue weighted by Crippen LogP contribution is 2.36. The Morgan fingerprint density at radius 1 is 1.27 bits per heavy atom. The second-order valence-electron chi connectivity index (χ2n) is 5.68. The maximum Gasteiger partial charge on any atom is 0.312 e. The van der Waals surface area contributed by atoms with E-state index in [-0.39, 0.29) is 6.42 Å². The summed E-state index contributed by atoms with van der Waals surface area (Å²) in [5, 5.41) is 11.4. The number of ketones is 1. The number of nitro groups is 1. The van der Waals surface area contributed by atoms with E-state index in [1.54, 1.807) is 37.3 Å². The van der Waals surface area contributed by atoms with E-state index in [1.165, 1.54) is 21.0 Å². The SMILES string of the molecule is CCC(C(C(=O)c1ccccc1)C(C)(C)C(=O)OC)[N+](=O)[O-]. The van der Waals surface area contributed by atoms with Crippen LogP contribution in [0, 0.1) is 21.4 Å². The monoisotopic (exact) mass is 307 g/mol. The summed E-state index contributed by atoms with van der Waals surface area (Å²) in [5.74, 6) is -2.15. The number of methoxy groups -OCH3 is 1. The Bertz CT molecular complexity index is 553. The van der Waals surface area contributed by atoms with Crippen LogP contribution >= 0.6 is 0 Å². The molecule has 0 aromatic heterocycles. The van der Waals surface area contributed by atoms with Crippen LogP contribution in [0.1, 0.15) is 37.6 Å². The summed E-state index contributed by atoms with van der Waals surface area (Å²) < 4.78 is 4.74. The van der Waals surface area contributed by atoms with Crippen LogP contribution in [0.4, 0.5) is 0 Å². The summed E-state index contributed by atoms with van der Waals surface area (Å²) in [7, 11) is 1.21. The molecule has 0 aliphatic carbocycles. The average Bonchev–Trinajstić information content (AvgIpc) is 2.51. The molecule has 22 heavy (non-hydrogen) atoms. The first kappa shape index (κ1) is 17.8. The van der Waals surface area contributed by atoms with Gasteiger partial charge in [-0.05, 0) is 13.8 Å². The zero-order valence-electron chi connectivity index (χ0n) is 13.2. The van der Waals surface area contributed by atoms with Crippen molar-refractivity contribution in [1.29, 1.82) is 0 Å². The number of benzene rings is 1. The lowest BCUT2D eigenvalue weighted by Crippen LogP contribution is -2.48. The molecule has 1 aromatic rings. The third-order valence-corrected chi connectivity index (χ3v) is 3.90. The quantitative estimate of drug-likeness (QED) is 0.334. The van der Waals surface area contributed by atoms with Gasteiger partial charge in [0.1, 0.15) is 5.92 Å². The minimum absolute atomic E-state index is 0.149. The molecule has 6 nitrogen and oxygen atoms in total. The number of rotatable bonds is 7. The predicted molar refractivity (Wildman–Crippen MR) is 81.1 cm³/mol. The molecule has 0 aliphatic rings. The van der Waals surface area contributed by atoms with E-state index >= 15 is 0 Å². The summed E-state index contributed by atoms with van der Waals surface area (Å²) >= 11 is 0. The van der Waals surface area contributed by atoms with E-state index in [2.05, 4.69) is 0 Å². The number of carbonyl (C=O) groups excluding carboxylic acids is 2. The number of esters is 1. The predicted octanol–water partition coefficient (Wildman–Crippen LogP) is 2.74. The number of Topliss-reactive ketones (excluding diaryl/α,β-unsaturated/α-hetero) is 1. The van der Waals surface area contributed by atoms with E-state index in [1.807, 2.05) is 0 Å². The normalized spacial score (nSPS) is 14.0. The standard InChI is InChI=1S/C16H21NO5/c1-5-12(17(20)21)13(16(2,3)15(19)22-4)14(18)11-9-7-6-8-10-11/h6-10,12-13H,5H2,1-4H3. The largest absolute Gasteiger partial charge is 0.469 e. The van der Waals surface area contributed by atoms with Crippen LogP contribution in [0.2, 0.25) is 0 Å². The van der Waals surface area contributed by atoms with Gasteiger partial charge in [0.15, 0.2) is 5.78 Å². The summed E-state index contributed by atoms with van der Waals surface area (Å²) in [6.07, 6.45) is 0.149. The zero-order chi connectivity index (χ0) is 16.9. The maximum atomic E-state index is 12.8. The number of nitrogens with zero attached hydrogens (tertiary/aromatic N) is 1. The van der Waals surface area contributed by atoms with Crippen molar-refractivity contribution in [2.45, 2.75) is 33.2 Å². The smallest absolute Gasteiger partial charge is 0.312 e.